The van der Waals surface area contributed by atoms with Gasteiger partial charge in [0, 0.05) is 18.5 Å². The van der Waals surface area contributed by atoms with Gasteiger partial charge in [-0.2, -0.15) is 0 Å². The molecule has 2 N–H and O–H groups in total. The molecular formula is C21H25N3O4S. The van der Waals surface area contributed by atoms with Crippen molar-refractivity contribution in [2.75, 3.05) is 13.1 Å². The van der Waals surface area contributed by atoms with Gasteiger partial charge in [-0.05, 0) is 50.1 Å². The van der Waals surface area contributed by atoms with Gasteiger partial charge in [-0.25, -0.2) is 8.42 Å². The lowest BCUT2D eigenvalue weighted by Crippen LogP contribution is -2.27. The monoisotopic (exact) mass is 415 g/mol. The second-order valence-electron chi connectivity index (χ2n) is 6.99. The Balaban J connectivity index is 1.43. The summed E-state index contributed by atoms with van der Waals surface area (Å²) in [5.74, 6) is 0.997. The normalized spacial score (nSPS) is 15.8. The van der Waals surface area contributed by atoms with Gasteiger partial charge in [0.2, 0.25) is 5.91 Å². The predicted molar refractivity (Wildman–Crippen MR) is 112 cm³/mol. The van der Waals surface area contributed by atoms with Crippen LogP contribution in [-0.4, -0.2) is 39.4 Å². The SMILES string of the molecule is CC(C)Oc1ccc(CCNC(=O)CCN=C2NS(=O)(=O)c3ccccc32)cc1. The molecule has 0 radical (unpaired) electrons. The third-order valence-corrected chi connectivity index (χ3v) is 5.70. The zero-order chi connectivity index (χ0) is 20.9. The first-order valence-electron chi connectivity index (χ1n) is 9.54. The quantitative estimate of drug-likeness (QED) is 0.691. The van der Waals surface area contributed by atoms with Crippen LogP contribution >= 0.6 is 0 Å². The molecule has 0 bridgehead atoms. The molecule has 0 saturated carbocycles. The maximum atomic E-state index is 12.0. The molecule has 0 atom stereocenters. The Hall–Kier alpha value is -2.87. The minimum absolute atomic E-state index is 0.122. The Morgan fingerprint density at radius 3 is 2.59 bits per heavy atom. The van der Waals surface area contributed by atoms with Crippen LogP contribution in [0.2, 0.25) is 0 Å². The lowest BCUT2D eigenvalue weighted by Gasteiger charge is -2.10. The second-order valence-corrected chi connectivity index (χ2v) is 8.64. The standard InChI is InChI=1S/C21H25N3O4S/c1-15(2)28-17-9-7-16(8-10-17)11-13-22-20(25)12-14-23-21-18-5-3-4-6-19(18)29(26,27)24-21/h3-10,15H,11-14H2,1-2H3,(H,22,25)(H,23,24). The zero-order valence-corrected chi connectivity index (χ0v) is 17.3. The van der Waals surface area contributed by atoms with Gasteiger partial charge in [-0.3, -0.25) is 14.5 Å². The molecule has 3 rings (SSSR count). The molecular weight excluding hydrogens is 390 g/mol. The molecule has 0 spiro atoms. The van der Waals surface area contributed by atoms with Crippen LogP contribution in [0.3, 0.4) is 0 Å². The fourth-order valence-corrected chi connectivity index (χ4v) is 4.21. The van der Waals surface area contributed by atoms with Gasteiger partial charge in [-0.15, -0.1) is 0 Å². The van der Waals surface area contributed by atoms with Crippen LogP contribution in [0.1, 0.15) is 31.4 Å². The zero-order valence-electron chi connectivity index (χ0n) is 16.5. The smallest absolute Gasteiger partial charge is 0.263 e. The largest absolute Gasteiger partial charge is 0.491 e. The Bertz CT molecular complexity index is 999. The number of amides is 1. The number of aliphatic imine (C=N–C) groups is 1. The number of hydrogen-bond acceptors (Lipinski definition) is 5. The number of ether oxygens (including phenoxy) is 1. The molecule has 0 aliphatic carbocycles. The van der Waals surface area contributed by atoms with Crippen molar-refractivity contribution in [1.29, 1.82) is 0 Å². The van der Waals surface area contributed by atoms with Gasteiger partial charge < -0.3 is 10.1 Å². The molecule has 1 heterocycles. The van der Waals surface area contributed by atoms with Crippen LogP contribution in [0.25, 0.3) is 0 Å². The van der Waals surface area contributed by atoms with Gasteiger partial charge in [-0.1, -0.05) is 24.3 Å². The van der Waals surface area contributed by atoms with Gasteiger partial charge in [0.05, 0.1) is 17.5 Å². The number of amidine groups is 1. The summed E-state index contributed by atoms with van der Waals surface area (Å²) in [5.41, 5.74) is 1.65. The van der Waals surface area contributed by atoms with Crippen LogP contribution in [0.15, 0.2) is 58.4 Å². The number of carbonyl (C=O) groups excluding carboxylic acids is 1. The summed E-state index contributed by atoms with van der Waals surface area (Å²) >= 11 is 0. The van der Waals surface area contributed by atoms with E-state index in [0.717, 1.165) is 17.7 Å². The first-order valence-corrected chi connectivity index (χ1v) is 11.0. The number of benzene rings is 2. The number of carbonyl (C=O) groups is 1. The van der Waals surface area contributed by atoms with E-state index in [0.29, 0.717) is 12.1 Å². The van der Waals surface area contributed by atoms with Crippen molar-refractivity contribution in [2.24, 2.45) is 4.99 Å². The third-order valence-electron chi connectivity index (χ3n) is 4.30. The Kier molecular flexibility index (Phi) is 6.53. The fraction of sp³-hybridized carbons (Fsp3) is 0.333. The number of sulfonamides is 1. The van der Waals surface area contributed by atoms with Crippen LogP contribution in [0, 0.1) is 0 Å². The van der Waals surface area contributed by atoms with E-state index in [1.807, 2.05) is 38.1 Å². The number of nitrogens with zero attached hydrogens (tertiary/aromatic N) is 1. The minimum Gasteiger partial charge on any atom is -0.491 e. The van der Waals surface area contributed by atoms with Crippen molar-refractivity contribution in [3.8, 4) is 5.75 Å². The Labute approximate surface area is 171 Å². The van der Waals surface area contributed by atoms with E-state index in [1.165, 1.54) is 6.07 Å². The Morgan fingerprint density at radius 2 is 1.86 bits per heavy atom. The van der Waals surface area contributed by atoms with Crippen LogP contribution in [0.4, 0.5) is 0 Å². The summed E-state index contributed by atoms with van der Waals surface area (Å²) in [6.45, 7) is 4.69. The lowest BCUT2D eigenvalue weighted by molar-refractivity contribution is -0.120. The summed E-state index contributed by atoms with van der Waals surface area (Å²) in [7, 11) is -3.55. The van der Waals surface area contributed by atoms with Gasteiger partial charge in [0.25, 0.3) is 10.0 Å². The average molecular weight is 416 g/mol. The van der Waals surface area contributed by atoms with Crippen LogP contribution in [0.5, 0.6) is 5.75 Å². The van der Waals surface area contributed by atoms with E-state index >= 15 is 0 Å². The number of fused-ring (bicyclic) bond motifs is 1. The molecule has 7 nitrogen and oxygen atoms in total. The maximum absolute atomic E-state index is 12.0. The van der Waals surface area contributed by atoms with E-state index in [4.69, 9.17) is 4.74 Å². The molecule has 1 aliphatic heterocycles. The second kappa shape index (κ2) is 9.09. The minimum atomic E-state index is -3.55. The maximum Gasteiger partial charge on any atom is 0.263 e. The molecule has 1 amide bonds. The van der Waals surface area contributed by atoms with E-state index in [2.05, 4.69) is 15.0 Å². The first-order chi connectivity index (χ1) is 13.8. The van der Waals surface area contributed by atoms with Crippen molar-refractivity contribution in [2.45, 2.75) is 37.7 Å². The highest BCUT2D eigenvalue weighted by molar-refractivity contribution is 7.90. The summed E-state index contributed by atoms with van der Waals surface area (Å²) in [5, 5.41) is 2.86. The molecule has 0 aromatic heterocycles. The first kappa shape index (κ1) is 20.9. The molecule has 8 heteroatoms. The lowest BCUT2D eigenvalue weighted by atomic mass is 10.1. The van der Waals surface area contributed by atoms with Crippen molar-refractivity contribution >= 4 is 21.8 Å². The molecule has 2 aromatic rings. The number of rotatable bonds is 8. The number of hydrogen-bond donors (Lipinski definition) is 2. The summed E-state index contributed by atoms with van der Waals surface area (Å²) in [4.78, 5) is 16.5. The molecule has 0 saturated heterocycles. The highest BCUT2D eigenvalue weighted by atomic mass is 32.2. The summed E-state index contributed by atoms with van der Waals surface area (Å²) in [6, 6.07) is 14.5. The van der Waals surface area contributed by atoms with Crippen molar-refractivity contribution < 1.29 is 17.9 Å². The van der Waals surface area contributed by atoms with Crippen molar-refractivity contribution in [3.63, 3.8) is 0 Å². The van der Waals surface area contributed by atoms with E-state index < -0.39 is 10.0 Å². The Morgan fingerprint density at radius 1 is 1.14 bits per heavy atom. The van der Waals surface area contributed by atoms with Crippen molar-refractivity contribution in [3.05, 3.63) is 59.7 Å². The van der Waals surface area contributed by atoms with Gasteiger partial charge >= 0.3 is 0 Å². The van der Waals surface area contributed by atoms with E-state index in [1.54, 1.807) is 18.2 Å². The average Bonchev–Trinajstić information content (AvgIpc) is 2.94. The molecule has 0 unspecified atom stereocenters. The number of nitrogens with one attached hydrogen (secondary N) is 2. The van der Waals surface area contributed by atoms with Crippen LogP contribution in [-0.2, 0) is 21.2 Å². The third kappa shape index (κ3) is 5.57. The molecule has 1 aliphatic rings. The molecule has 29 heavy (non-hydrogen) atoms. The highest BCUT2D eigenvalue weighted by Gasteiger charge is 2.29. The summed E-state index contributed by atoms with van der Waals surface area (Å²) < 4.78 is 32.1. The van der Waals surface area contributed by atoms with E-state index in [9.17, 15) is 13.2 Å². The highest BCUT2D eigenvalue weighted by Crippen LogP contribution is 2.22. The molecule has 2 aromatic carbocycles. The van der Waals surface area contributed by atoms with Crippen LogP contribution < -0.4 is 14.8 Å². The summed E-state index contributed by atoms with van der Waals surface area (Å²) in [6.07, 6.45) is 1.04. The topological polar surface area (TPSA) is 96.9 Å². The van der Waals surface area contributed by atoms with Crippen molar-refractivity contribution in [1.82, 2.24) is 10.0 Å². The fourth-order valence-electron chi connectivity index (χ4n) is 2.96. The molecule has 0 fully saturated rings. The van der Waals surface area contributed by atoms with Gasteiger partial charge in [0.1, 0.15) is 11.6 Å². The van der Waals surface area contributed by atoms with E-state index in [-0.39, 0.29) is 35.7 Å². The van der Waals surface area contributed by atoms with Gasteiger partial charge in [0.15, 0.2) is 0 Å². The molecule has 154 valence electrons. The predicted octanol–water partition coefficient (Wildman–Crippen LogP) is 2.26.